The number of nitrogens with one attached hydrogen (secondary N) is 1. The van der Waals surface area contributed by atoms with Crippen molar-refractivity contribution in [3.63, 3.8) is 0 Å². The molecule has 2 rings (SSSR count). The molecule has 0 heterocycles. The number of methoxy groups -OCH3 is 3. The zero-order valence-corrected chi connectivity index (χ0v) is 16.3. The maximum absolute atomic E-state index is 12.3. The van der Waals surface area contributed by atoms with E-state index in [0.717, 1.165) is 6.07 Å². The average Bonchev–Trinajstić information content (AvgIpc) is 2.66. The molecule has 0 aromatic heterocycles. The molecule has 0 spiro atoms. The molecule has 1 amide bonds. The SMILES string of the molecule is COc1ccc([N+](=O)[O-])cc1C(=O)N/N=C\c1cc(Br)c(OC)c(OC)c1. The van der Waals surface area contributed by atoms with Crippen molar-refractivity contribution in [3.8, 4) is 17.2 Å². The van der Waals surface area contributed by atoms with Crippen LogP contribution < -0.4 is 19.6 Å². The quantitative estimate of drug-likeness (QED) is 0.404. The van der Waals surface area contributed by atoms with E-state index in [1.807, 2.05) is 0 Å². The Morgan fingerprint density at radius 1 is 1.15 bits per heavy atom. The highest BCUT2D eigenvalue weighted by Crippen LogP contribution is 2.35. The monoisotopic (exact) mass is 437 g/mol. The molecule has 0 aliphatic heterocycles. The molecule has 10 heteroatoms. The highest BCUT2D eigenvalue weighted by Gasteiger charge is 2.17. The summed E-state index contributed by atoms with van der Waals surface area (Å²) in [6, 6.07) is 7.12. The maximum atomic E-state index is 12.3. The summed E-state index contributed by atoms with van der Waals surface area (Å²) in [5, 5.41) is 14.8. The van der Waals surface area contributed by atoms with Gasteiger partial charge in [-0.2, -0.15) is 5.10 Å². The van der Waals surface area contributed by atoms with E-state index in [-0.39, 0.29) is 17.0 Å². The standard InChI is InChI=1S/C17H16BrN3O6/c1-25-14-5-4-11(21(23)24)8-12(14)17(22)20-19-9-10-6-13(18)16(27-3)15(7-10)26-2/h4-9H,1-3H3,(H,20,22)/b19-9-. The second kappa shape index (κ2) is 8.99. The number of ether oxygens (including phenoxy) is 3. The number of benzene rings is 2. The Balaban J connectivity index is 2.22. The van der Waals surface area contributed by atoms with Crippen LogP contribution in [0.3, 0.4) is 0 Å². The lowest BCUT2D eigenvalue weighted by Gasteiger charge is -2.10. The first-order valence-electron chi connectivity index (χ1n) is 7.48. The molecule has 0 radical (unpaired) electrons. The number of nitro groups is 1. The molecule has 0 atom stereocenters. The van der Waals surface area contributed by atoms with Crippen LogP contribution in [-0.2, 0) is 0 Å². The van der Waals surface area contributed by atoms with Gasteiger partial charge in [0.25, 0.3) is 11.6 Å². The van der Waals surface area contributed by atoms with E-state index in [0.29, 0.717) is 21.5 Å². The third-order valence-corrected chi connectivity index (χ3v) is 4.06. The van der Waals surface area contributed by atoms with Gasteiger partial charge in [-0.15, -0.1) is 0 Å². The Morgan fingerprint density at radius 2 is 1.85 bits per heavy atom. The van der Waals surface area contributed by atoms with Crippen LogP contribution >= 0.6 is 15.9 Å². The summed E-state index contributed by atoms with van der Waals surface area (Å²) in [6.07, 6.45) is 1.40. The Bertz CT molecular complexity index is 900. The van der Waals surface area contributed by atoms with Gasteiger partial charge in [0, 0.05) is 12.1 Å². The van der Waals surface area contributed by atoms with Gasteiger partial charge in [-0.3, -0.25) is 14.9 Å². The van der Waals surface area contributed by atoms with E-state index in [1.165, 1.54) is 39.7 Å². The fourth-order valence-corrected chi connectivity index (χ4v) is 2.85. The summed E-state index contributed by atoms with van der Waals surface area (Å²) in [5.74, 6) is 0.563. The lowest BCUT2D eigenvalue weighted by atomic mass is 10.1. The molecule has 27 heavy (non-hydrogen) atoms. The molecule has 0 unspecified atom stereocenters. The van der Waals surface area contributed by atoms with E-state index < -0.39 is 10.8 Å². The minimum Gasteiger partial charge on any atom is -0.496 e. The number of hydrazone groups is 1. The van der Waals surface area contributed by atoms with Crippen LogP contribution in [0.2, 0.25) is 0 Å². The summed E-state index contributed by atoms with van der Waals surface area (Å²) >= 11 is 3.36. The zero-order chi connectivity index (χ0) is 20.0. The van der Waals surface area contributed by atoms with E-state index in [2.05, 4.69) is 26.5 Å². The molecule has 2 aromatic carbocycles. The highest BCUT2D eigenvalue weighted by molar-refractivity contribution is 9.10. The predicted octanol–water partition coefficient (Wildman–Crippen LogP) is 3.15. The third-order valence-electron chi connectivity index (χ3n) is 3.47. The number of non-ortho nitro benzene ring substituents is 1. The van der Waals surface area contributed by atoms with Crippen molar-refractivity contribution in [1.82, 2.24) is 5.43 Å². The Kier molecular flexibility index (Phi) is 6.72. The number of carbonyl (C=O) groups is 1. The number of nitrogens with zero attached hydrogens (tertiary/aromatic N) is 2. The molecular weight excluding hydrogens is 422 g/mol. The van der Waals surface area contributed by atoms with Crippen LogP contribution in [0.25, 0.3) is 0 Å². The van der Waals surface area contributed by atoms with Crippen LogP contribution in [0, 0.1) is 10.1 Å². The van der Waals surface area contributed by atoms with Crippen molar-refractivity contribution in [3.05, 3.63) is 56.0 Å². The number of halogens is 1. The average molecular weight is 438 g/mol. The van der Waals surface area contributed by atoms with E-state index in [4.69, 9.17) is 14.2 Å². The number of amides is 1. The van der Waals surface area contributed by atoms with Crippen molar-refractivity contribution in [2.75, 3.05) is 21.3 Å². The second-order valence-electron chi connectivity index (χ2n) is 5.08. The van der Waals surface area contributed by atoms with Gasteiger partial charge in [0.15, 0.2) is 11.5 Å². The zero-order valence-electron chi connectivity index (χ0n) is 14.7. The molecule has 0 fully saturated rings. The van der Waals surface area contributed by atoms with Crippen LogP contribution in [0.5, 0.6) is 17.2 Å². The number of hydrogen-bond acceptors (Lipinski definition) is 7. The molecule has 0 bridgehead atoms. The second-order valence-corrected chi connectivity index (χ2v) is 5.93. The van der Waals surface area contributed by atoms with Gasteiger partial charge in [-0.05, 0) is 39.7 Å². The van der Waals surface area contributed by atoms with Crippen molar-refractivity contribution in [2.24, 2.45) is 5.10 Å². The molecule has 1 N–H and O–H groups in total. The first-order chi connectivity index (χ1) is 12.9. The van der Waals surface area contributed by atoms with Crippen molar-refractivity contribution in [1.29, 1.82) is 0 Å². The van der Waals surface area contributed by atoms with Crippen LogP contribution in [0.1, 0.15) is 15.9 Å². The third kappa shape index (κ3) is 4.73. The van der Waals surface area contributed by atoms with E-state index >= 15 is 0 Å². The minimum atomic E-state index is -0.647. The Hall–Kier alpha value is -3.14. The Labute approximate surface area is 163 Å². The van der Waals surface area contributed by atoms with Gasteiger partial charge < -0.3 is 14.2 Å². The van der Waals surface area contributed by atoms with Gasteiger partial charge in [-0.25, -0.2) is 5.43 Å². The lowest BCUT2D eigenvalue weighted by Crippen LogP contribution is -2.18. The van der Waals surface area contributed by atoms with Gasteiger partial charge in [0.2, 0.25) is 0 Å². The minimum absolute atomic E-state index is 0.00246. The molecule has 9 nitrogen and oxygen atoms in total. The Morgan fingerprint density at radius 3 is 2.44 bits per heavy atom. The normalized spacial score (nSPS) is 10.5. The van der Waals surface area contributed by atoms with Crippen molar-refractivity contribution < 1.29 is 23.9 Å². The summed E-state index contributed by atoms with van der Waals surface area (Å²) in [4.78, 5) is 22.6. The summed E-state index contributed by atoms with van der Waals surface area (Å²) in [7, 11) is 4.38. The van der Waals surface area contributed by atoms with Gasteiger partial charge in [0.05, 0.1) is 42.5 Å². The number of nitro benzene ring substituents is 1. The summed E-state index contributed by atoms with van der Waals surface area (Å²) < 4.78 is 16.2. The van der Waals surface area contributed by atoms with E-state index in [1.54, 1.807) is 12.1 Å². The van der Waals surface area contributed by atoms with Crippen molar-refractivity contribution >= 4 is 33.7 Å². The molecule has 0 saturated heterocycles. The number of carbonyl (C=O) groups excluding carboxylic acids is 1. The highest BCUT2D eigenvalue weighted by atomic mass is 79.9. The summed E-state index contributed by atoms with van der Waals surface area (Å²) in [5.41, 5.74) is 2.71. The largest absolute Gasteiger partial charge is 0.496 e. The smallest absolute Gasteiger partial charge is 0.275 e. The molecule has 142 valence electrons. The molecule has 0 saturated carbocycles. The molecular formula is C17H16BrN3O6. The maximum Gasteiger partial charge on any atom is 0.275 e. The fourth-order valence-electron chi connectivity index (χ4n) is 2.23. The summed E-state index contributed by atoms with van der Waals surface area (Å²) in [6.45, 7) is 0. The molecule has 0 aliphatic carbocycles. The fraction of sp³-hybridized carbons (Fsp3) is 0.176. The lowest BCUT2D eigenvalue weighted by molar-refractivity contribution is -0.384. The van der Waals surface area contributed by atoms with E-state index in [9.17, 15) is 14.9 Å². The number of hydrogen-bond donors (Lipinski definition) is 1. The van der Waals surface area contributed by atoms with Crippen LogP contribution in [0.15, 0.2) is 39.9 Å². The van der Waals surface area contributed by atoms with Crippen molar-refractivity contribution in [2.45, 2.75) is 0 Å². The molecule has 0 aliphatic rings. The van der Waals surface area contributed by atoms with Gasteiger partial charge in [0.1, 0.15) is 5.75 Å². The first-order valence-corrected chi connectivity index (χ1v) is 8.28. The first kappa shape index (κ1) is 20.2. The molecule has 2 aromatic rings. The van der Waals surface area contributed by atoms with Crippen LogP contribution in [0.4, 0.5) is 5.69 Å². The van der Waals surface area contributed by atoms with Gasteiger partial charge >= 0.3 is 0 Å². The number of rotatable bonds is 7. The topological polar surface area (TPSA) is 112 Å². The van der Waals surface area contributed by atoms with Crippen LogP contribution in [-0.4, -0.2) is 38.4 Å². The predicted molar refractivity (Wildman–Crippen MR) is 102 cm³/mol. The van der Waals surface area contributed by atoms with Gasteiger partial charge in [-0.1, -0.05) is 0 Å².